The summed E-state index contributed by atoms with van der Waals surface area (Å²) < 4.78 is 5.04. The van der Waals surface area contributed by atoms with Gasteiger partial charge in [-0.05, 0) is 18.2 Å². The zero-order valence-corrected chi connectivity index (χ0v) is 11.6. The van der Waals surface area contributed by atoms with Crippen LogP contribution in [0.2, 0.25) is 5.02 Å². The van der Waals surface area contributed by atoms with E-state index in [0.717, 1.165) is 0 Å². The zero-order chi connectivity index (χ0) is 15.4. The summed E-state index contributed by atoms with van der Waals surface area (Å²) in [5.74, 6) is -1.11. The fraction of sp³-hybridized carbons (Fsp3) is 0.308. The topological polar surface area (TPSA) is 103 Å². The van der Waals surface area contributed by atoms with Gasteiger partial charge in [-0.2, -0.15) is 5.26 Å². The number of hydrogen-bond donors (Lipinski definition) is 2. The third-order valence-corrected chi connectivity index (χ3v) is 3.30. The summed E-state index contributed by atoms with van der Waals surface area (Å²) >= 11 is 5.95. The number of ether oxygens (including phenoxy) is 1. The van der Waals surface area contributed by atoms with Gasteiger partial charge in [0.2, 0.25) is 0 Å². The maximum absolute atomic E-state index is 12.1. The molecular formula is C13H12ClN3O4. The van der Waals surface area contributed by atoms with E-state index in [2.05, 4.69) is 5.32 Å². The fourth-order valence-electron chi connectivity index (χ4n) is 1.87. The number of nitriles is 1. The Morgan fingerprint density at radius 1 is 1.52 bits per heavy atom. The standard InChI is InChI=1S/C13H12ClN3O4/c14-9-2-1-8(6-15)5-10(9)16-13(20)17-3-4-21-11(7-17)12(18)19/h1-2,5,11H,3-4,7H2,(H,16,20)(H,18,19). The van der Waals surface area contributed by atoms with Crippen molar-refractivity contribution in [2.24, 2.45) is 0 Å². The highest BCUT2D eigenvalue weighted by molar-refractivity contribution is 6.33. The summed E-state index contributed by atoms with van der Waals surface area (Å²) in [6, 6.07) is 5.96. The number of carbonyl (C=O) groups excluding carboxylic acids is 1. The summed E-state index contributed by atoms with van der Waals surface area (Å²) in [6.45, 7) is 0.387. The molecule has 0 spiro atoms. The second kappa shape index (κ2) is 6.43. The summed E-state index contributed by atoms with van der Waals surface area (Å²) in [6.07, 6.45) is -1.04. The van der Waals surface area contributed by atoms with Crippen LogP contribution in [0.1, 0.15) is 5.56 Å². The molecule has 0 radical (unpaired) electrons. The number of morpholine rings is 1. The Bertz CT molecular complexity index is 614. The van der Waals surface area contributed by atoms with Crippen LogP contribution in [0.15, 0.2) is 18.2 Å². The normalized spacial score (nSPS) is 17.9. The first-order valence-electron chi connectivity index (χ1n) is 6.11. The molecule has 8 heteroatoms. The number of urea groups is 1. The van der Waals surface area contributed by atoms with E-state index < -0.39 is 18.1 Å². The number of aliphatic carboxylic acids is 1. The lowest BCUT2D eigenvalue weighted by Crippen LogP contribution is -2.49. The van der Waals surface area contributed by atoms with Crippen molar-refractivity contribution in [1.29, 1.82) is 5.26 Å². The van der Waals surface area contributed by atoms with Crippen LogP contribution in [-0.2, 0) is 9.53 Å². The van der Waals surface area contributed by atoms with Gasteiger partial charge in [0, 0.05) is 6.54 Å². The van der Waals surface area contributed by atoms with Gasteiger partial charge in [0.25, 0.3) is 0 Å². The minimum absolute atomic E-state index is 0.0449. The van der Waals surface area contributed by atoms with Crippen molar-refractivity contribution in [3.05, 3.63) is 28.8 Å². The molecule has 1 heterocycles. The number of benzene rings is 1. The second-order valence-electron chi connectivity index (χ2n) is 4.38. The van der Waals surface area contributed by atoms with Crippen molar-refractivity contribution in [2.45, 2.75) is 6.10 Å². The van der Waals surface area contributed by atoms with Gasteiger partial charge in [-0.15, -0.1) is 0 Å². The van der Waals surface area contributed by atoms with Crippen molar-refractivity contribution in [2.75, 3.05) is 25.0 Å². The van der Waals surface area contributed by atoms with Gasteiger partial charge in [-0.1, -0.05) is 11.6 Å². The number of carbonyl (C=O) groups is 2. The van der Waals surface area contributed by atoms with Crippen molar-refractivity contribution in [1.82, 2.24) is 4.90 Å². The fourth-order valence-corrected chi connectivity index (χ4v) is 2.03. The number of carboxylic acids is 1. The largest absolute Gasteiger partial charge is 0.479 e. The molecule has 1 atom stereocenters. The quantitative estimate of drug-likeness (QED) is 0.862. The SMILES string of the molecule is N#Cc1ccc(Cl)c(NC(=O)N2CCOC(C(=O)O)C2)c1. The Kier molecular flexibility index (Phi) is 4.62. The van der Waals surface area contributed by atoms with Crippen LogP contribution in [0.5, 0.6) is 0 Å². The number of rotatable bonds is 2. The van der Waals surface area contributed by atoms with Gasteiger partial charge in [-0.25, -0.2) is 9.59 Å². The molecule has 2 rings (SSSR count). The third-order valence-electron chi connectivity index (χ3n) is 2.97. The first-order chi connectivity index (χ1) is 10.0. The molecule has 21 heavy (non-hydrogen) atoms. The molecule has 0 aliphatic carbocycles. The first kappa shape index (κ1) is 15.1. The first-order valence-corrected chi connectivity index (χ1v) is 6.49. The summed E-state index contributed by atoms with van der Waals surface area (Å²) in [5, 5.41) is 20.6. The molecule has 0 bridgehead atoms. The van der Waals surface area contributed by atoms with E-state index in [0.29, 0.717) is 16.3 Å². The van der Waals surface area contributed by atoms with E-state index in [1.807, 2.05) is 6.07 Å². The van der Waals surface area contributed by atoms with Crippen molar-refractivity contribution in [3.8, 4) is 6.07 Å². The van der Waals surface area contributed by atoms with Crippen molar-refractivity contribution < 1.29 is 19.4 Å². The molecule has 2 N–H and O–H groups in total. The maximum atomic E-state index is 12.1. The second-order valence-corrected chi connectivity index (χ2v) is 4.79. The Labute approximate surface area is 125 Å². The molecule has 0 saturated carbocycles. The van der Waals surface area contributed by atoms with Crippen LogP contribution in [0.25, 0.3) is 0 Å². The monoisotopic (exact) mass is 309 g/mol. The number of anilines is 1. The molecule has 1 aromatic rings. The maximum Gasteiger partial charge on any atom is 0.334 e. The van der Waals surface area contributed by atoms with E-state index in [9.17, 15) is 9.59 Å². The highest BCUT2D eigenvalue weighted by atomic mass is 35.5. The van der Waals surface area contributed by atoms with Gasteiger partial charge in [0.1, 0.15) is 0 Å². The molecule has 0 aromatic heterocycles. The van der Waals surface area contributed by atoms with E-state index in [1.165, 1.54) is 23.1 Å². The Morgan fingerprint density at radius 3 is 2.95 bits per heavy atom. The van der Waals surface area contributed by atoms with Crippen molar-refractivity contribution in [3.63, 3.8) is 0 Å². The molecule has 1 fully saturated rings. The molecule has 2 amide bonds. The lowest BCUT2D eigenvalue weighted by molar-refractivity contribution is -0.154. The predicted molar refractivity (Wildman–Crippen MR) is 74.1 cm³/mol. The number of hydrogen-bond acceptors (Lipinski definition) is 4. The van der Waals surface area contributed by atoms with Gasteiger partial charge in [0.15, 0.2) is 6.10 Å². The van der Waals surface area contributed by atoms with E-state index >= 15 is 0 Å². The van der Waals surface area contributed by atoms with Crippen LogP contribution >= 0.6 is 11.6 Å². The number of nitrogens with one attached hydrogen (secondary N) is 1. The molecule has 1 aliphatic rings. The van der Waals surface area contributed by atoms with E-state index in [1.54, 1.807) is 0 Å². The average molecular weight is 310 g/mol. The lowest BCUT2D eigenvalue weighted by Gasteiger charge is -2.30. The molecule has 1 unspecified atom stereocenters. The smallest absolute Gasteiger partial charge is 0.334 e. The average Bonchev–Trinajstić information content (AvgIpc) is 2.49. The Hall–Kier alpha value is -2.30. The summed E-state index contributed by atoms with van der Waals surface area (Å²) in [4.78, 5) is 24.3. The molecule has 1 aromatic carbocycles. The van der Waals surface area contributed by atoms with E-state index in [4.69, 9.17) is 26.7 Å². The van der Waals surface area contributed by atoms with E-state index in [-0.39, 0.29) is 19.7 Å². The van der Waals surface area contributed by atoms with Crippen LogP contribution < -0.4 is 5.32 Å². The molecule has 1 aliphatic heterocycles. The third kappa shape index (κ3) is 3.62. The van der Waals surface area contributed by atoms with Gasteiger partial charge in [0.05, 0.1) is 35.5 Å². The minimum Gasteiger partial charge on any atom is -0.479 e. The highest BCUT2D eigenvalue weighted by Crippen LogP contribution is 2.23. The predicted octanol–water partition coefficient (Wildman–Crippen LogP) is 1.53. The van der Waals surface area contributed by atoms with Crippen LogP contribution in [-0.4, -0.2) is 47.8 Å². The number of amides is 2. The van der Waals surface area contributed by atoms with Gasteiger partial charge in [-0.3, -0.25) is 0 Å². The molecule has 7 nitrogen and oxygen atoms in total. The zero-order valence-electron chi connectivity index (χ0n) is 10.9. The molecular weight excluding hydrogens is 298 g/mol. The number of carboxylic acid groups (broad SMARTS) is 1. The van der Waals surface area contributed by atoms with Crippen LogP contribution in [0.3, 0.4) is 0 Å². The van der Waals surface area contributed by atoms with Gasteiger partial charge < -0.3 is 20.1 Å². The molecule has 110 valence electrons. The Morgan fingerprint density at radius 2 is 2.29 bits per heavy atom. The summed E-state index contributed by atoms with van der Waals surface area (Å²) in [5.41, 5.74) is 0.666. The summed E-state index contributed by atoms with van der Waals surface area (Å²) in [7, 11) is 0. The van der Waals surface area contributed by atoms with Crippen LogP contribution in [0.4, 0.5) is 10.5 Å². The van der Waals surface area contributed by atoms with Crippen molar-refractivity contribution >= 4 is 29.3 Å². The molecule has 1 saturated heterocycles. The number of halogens is 1. The van der Waals surface area contributed by atoms with Crippen LogP contribution in [0, 0.1) is 11.3 Å². The lowest BCUT2D eigenvalue weighted by atomic mass is 10.2. The minimum atomic E-state index is -1.11. The number of nitrogens with zero attached hydrogens (tertiary/aromatic N) is 2. The Balaban J connectivity index is 2.08. The highest BCUT2D eigenvalue weighted by Gasteiger charge is 2.29. The van der Waals surface area contributed by atoms with Gasteiger partial charge >= 0.3 is 12.0 Å².